The number of amides is 1. The molecule has 0 bridgehead atoms. The van der Waals surface area contributed by atoms with E-state index in [9.17, 15) is 24.8 Å². The molecule has 0 radical (unpaired) electrons. The Balaban J connectivity index is 1.90. The number of likely N-dealkylation sites (tertiary alicyclic amines) is 1. The monoisotopic (exact) mass is 363 g/mol. The highest BCUT2D eigenvalue weighted by atomic mass is 16.6. The van der Waals surface area contributed by atoms with Gasteiger partial charge >= 0.3 is 5.97 Å². The molecule has 1 aromatic rings. The fourth-order valence-corrected chi connectivity index (χ4v) is 3.64. The predicted octanol–water partition coefficient (Wildman–Crippen LogP) is 1.33. The number of nitrogens with zero attached hydrogens (tertiary/aromatic N) is 3. The molecule has 9 heteroatoms. The van der Waals surface area contributed by atoms with Crippen LogP contribution in [-0.4, -0.2) is 69.7 Å². The molecule has 0 aliphatic carbocycles. The summed E-state index contributed by atoms with van der Waals surface area (Å²) in [6, 6.07) is 4.13. The average Bonchev–Trinajstić information content (AvgIpc) is 3.01. The molecule has 0 aromatic heterocycles. The molecule has 0 unspecified atom stereocenters. The molecular formula is C17H21N3O6. The standard InChI is InChI=1S/C17H21N3O6/c1-2-18-9-7-17(8-10-18)19(14(11-26-17)16(22)23)15(21)12-3-5-13(6-4-12)20(24)25/h3-6,14H,2,7-11H2,1H3,(H,22,23)/t14-/m0/s1. The van der Waals surface area contributed by atoms with E-state index in [-0.39, 0.29) is 17.9 Å². The molecule has 9 nitrogen and oxygen atoms in total. The first kappa shape index (κ1) is 18.3. The third-order valence-corrected chi connectivity index (χ3v) is 5.17. The Morgan fingerprint density at radius 2 is 1.92 bits per heavy atom. The fraction of sp³-hybridized carbons (Fsp3) is 0.529. The molecule has 1 N–H and O–H groups in total. The summed E-state index contributed by atoms with van der Waals surface area (Å²) in [6.45, 7) is 4.31. The molecule has 1 aromatic carbocycles. The van der Waals surface area contributed by atoms with Crippen molar-refractivity contribution in [3.63, 3.8) is 0 Å². The van der Waals surface area contributed by atoms with Crippen LogP contribution >= 0.6 is 0 Å². The van der Waals surface area contributed by atoms with Crippen molar-refractivity contribution < 1.29 is 24.4 Å². The van der Waals surface area contributed by atoms with Gasteiger partial charge in [-0.1, -0.05) is 6.92 Å². The van der Waals surface area contributed by atoms with Crippen molar-refractivity contribution in [3.05, 3.63) is 39.9 Å². The van der Waals surface area contributed by atoms with Gasteiger partial charge in [-0.2, -0.15) is 0 Å². The second-order valence-corrected chi connectivity index (χ2v) is 6.52. The van der Waals surface area contributed by atoms with Gasteiger partial charge in [0.1, 0.15) is 5.72 Å². The van der Waals surface area contributed by atoms with Crippen LogP contribution in [0.1, 0.15) is 30.1 Å². The lowest BCUT2D eigenvalue weighted by atomic mass is 9.96. The number of carboxylic acid groups (broad SMARTS) is 1. The molecule has 2 heterocycles. The van der Waals surface area contributed by atoms with E-state index in [0.717, 1.165) is 6.54 Å². The van der Waals surface area contributed by atoms with Gasteiger partial charge in [0.05, 0.1) is 11.5 Å². The summed E-state index contributed by atoms with van der Waals surface area (Å²) >= 11 is 0. The number of rotatable bonds is 4. The lowest BCUT2D eigenvalue weighted by Gasteiger charge is -2.44. The minimum absolute atomic E-state index is 0.0554. The van der Waals surface area contributed by atoms with E-state index in [4.69, 9.17) is 4.74 Å². The molecule has 2 saturated heterocycles. The van der Waals surface area contributed by atoms with E-state index in [0.29, 0.717) is 25.9 Å². The van der Waals surface area contributed by atoms with Crippen molar-refractivity contribution in [3.8, 4) is 0 Å². The van der Waals surface area contributed by atoms with Crippen LogP contribution in [0.3, 0.4) is 0 Å². The van der Waals surface area contributed by atoms with Crippen LogP contribution in [0.2, 0.25) is 0 Å². The van der Waals surface area contributed by atoms with Crippen LogP contribution in [0.5, 0.6) is 0 Å². The maximum atomic E-state index is 13.1. The normalized spacial score (nSPS) is 22.5. The number of nitro benzene ring substituents is 1. The van der Waals surface area contributed by atoms with Crippen LogP contribution in [0.25, 0.3) is 0 Å². The zero-order chi connectivity index (χ0) is 18.9. The van der Waals surface area contributed by atoms with Crippen molar-refractivity contribution >= 4 is 17.6 Å². The third kappa shape index (κ3) is 3.15. The molecule has 2 aliphatic rings. The van der Waals surface area contributed by atoms with Crippen molar-refractivity contribution in [1.82, 2.24) is 9.80 Å². The third-order valence-electron chi connectivity index (χ3n) is 5.17. The van der Waals surface area contributed by atoms with Gasteiger partial charge in [0.15, 0.2) is 6.04 Å². The quantitative estimate of drug-likeness (QED) is 0.634. The zero-order valence-electron chi connectivity index (χ0n) is 14.5. The van der Waals surface area contributed by atoms with Gasteiger partial charge in [0, 0.05) is 43.6 Å². The van der Waals surface area contributed by atoms with E-state index in [1.807, 2.05) is 6.92 Å². The van der Waals surface area contributed by atoms with Crippen LogP contribution in [-0.2, 0) is 9.53 Å². The van der Waals surface area contributed by atoms with E-state index in [2.05, 4.69) is 4.90 Å². The Hall–Kier alpha value is -2.52. The smallest absolute Gasteiger partial charge is 0.328 e. The number of non-ortho nitro benzene ring substituents is 1. The van der Waals surface area contributed by atoms with Crippen LogP contribution in [0, 0.1) is 10.1 Å². The van der Waals surface area contributed by atoms with E-state index in [1.165, 1.54) is 29.2 Å². The Morgan fingerprint density at radius 3 is 2.42 bits per heavy atom. The Morgan fingerprint density at radius 1 is 1.31 bits per heavy atom. The van der Waals surface area contributed by atoms with E-state index >= 15 is 0 Å². The van der Waals surface area contributed by atoms with Crippen molar-refractivity contribution in [2.24, 2.45) is 0 Å². The molecule has 1 amide bonds. The summed E-state index contributed by atoms with van der Waals surface area (Å²) in [6.07, 6.45) is 1.06. The lowest BCUT2D eigenvalue weighted by molar-refractivity contribution is -0.384. The fourth-order valence-electron chi connectivity index (χ4n) is 3.64. The summed E-state index contributed by atoms with van der Waals surface area (Å²) in [5, 5.41) is 20.3. The number of carboxylic acids is 1. The van der Waals surface area contributed by atoms with Crippen molar-refractivity contribution in [1.29, 1.82) is 0 Å². The predicted molar refractivity (Wildman–Crippen MR) is 90.7 cm³/mol. The topological polar surface area (TPSA) is 113 Å². The summed E-state index contributed by atoms with van der Waals surface area (Å²) in [5.41, 5.74) is -0.849. The van der Waals surface area contributed by atoms with Crippen LogP contribution < -0.4 is 0 Å². The SMILES string of the molecule is CCN1CCC2(CC1)OC[C@@H](C(=O)O)N2C(=O)c1ccc([N+](=O)[O-])cc1. The minimum atomic E-state index is -1.12. The first-order chi connectivity index (χ1) is 12.4. The Labute approximate surface area is 150 Å². The molecule has 0 saturated carbocycles. The van der Waals surface area contributed by atoms with Gasteiger partial charge in [0.25, 0.3) is 11.6 Å². The molecule has 26 heavy (non-hydrogen) atoms. The second kappa shape index (κ2) is 7.00. The summed E-state index contributed by atoms with van der Waals surface area (Å²) < 4.78 is 5.85. The molecular weight excluding hydrogens is 342 g/mol. The van der Waals surface area contributed by atoms with Gasteiger partial charge in [-0.25, -0.2) is 4.79 Å². The van der Waals surface area contributed by atoms with Crippen LogP contribution in [0.4, 0.5) is 5.69 Å². The molecule has 1 atom stereocenters. The number of carbonyl (C=O) groups is 2. The molecule has 140 valence electrons. The number of nitro groups is 1. The Bertz CT molecular complexity index is 712. The highest BCUT2D eigenvalue weighted by Crippen LogP contribution is 2.38. The largest absolute Gasteiger partial charge is 0.480 e. The summed E-state index contributed by atoms with van der Waals surface area (Å²) in [5.74, 6) is -1.59. The maximum absolute atomic E-state index is 13.1. The number of hydrogen-bond acceptors (Lipinski definition) is 6. The summed E-state index contributed by atoms with van der Waals surface area (Å²) in [7, 11) is 0. The number of hydrogen-bond donors (Lipinski definition) is 1. The number of piperidine rings is 1. The molecule has 3 rings (SSSR count). The lowest BCUT2D eigenvalue weighted by Crippen LogP contribution is -2.58. The second-order valence-electron chi connectivity index (χ2n) is 6.52. The van der Waals surface area contributed by atoms with Crippen molar-refractivity contribution in [2.45, 2.75) is 31.5 Å². The first-order valence-corrected chi connectivity index (χ1v) is 8.55. The van der Waals surface area contributed by atoms with Gasteiger partial charge in [0.2, 0.25) is 0 Å². The number of ether oxygens (including phenoxy) is 1. The van der Waals surface area contributed by atoms with E-state index in [1.54, 1.807) is 0 Å². The van der Waals surface area contributed by atoms with Gasteiger partial charge in [-0.3, -0.25) is 19.8 Å². The van der Waals surface area contributed by atoms with Gasteiger partial charge < -0.3 is 14.7 Å². The van der Waals surface area contributed by atoms with Gasteiger partial charge in [-0.05, 0) is 18.7 Å². The highest BCUT2D eigenvalue weighted by molar-refractivity contribution is 5.97. The Kier molecular flexibility index (Phi) is 4.92. The highest BCUT2D eigenvalue weighted by Gasteiger charge is 2.53. The van der Waals surface area contributed by atoms with Crippen LogP contribution in [0.15, 0.2) is 24.3 Å². The molecule has 2 fully saturated rings. The number of carbonyl (C=O) groups excluding carboxylic acids is 1. The minimum Gasteiger partial charge on any atom is -0.480 e. The summed E-state index contributed by atoms with van der Waals surface area (Å²) in [4.78, 5) is 38.5. The first-order valence-electron chi connectivity index (χ1n) is 8.55. The van der Waals surface area contributed by atoms with E-state index < -0.39 is 28.6 Å². The molecule has 2 aliphatic heterocycles. The van der Waals surface area contributed by atoms with Gasteiger partial charge in [-0.15, -0.1) is 0 Å². The number of benzene rings is 1. The number of aliphatic carboxylic acids is 1. The molecule has 1 spiro atoms. The van der Waals surface area contributed by atoms with Crippen molar-refractivity contribution in [2.75, 3.05) is 26.2 Å². The average molecular weight is 363 g/mol. The maximum Gasteiger partial charge on any atom is 0.328 e. The zero-order valence-corrected chi connectivity index (χ0v) is 14.5.